The van der Waals surface area contributed by atoms with E-state index in [9.17, 15) is 5.11 Å². The van der Waals surface area contributed by atoms with Crippen LogP contribution in [0.15, 0.2) is 36.4 Å². The average molecular weight is 261 g/mol. The van der Waals surface area contributed by atoms with Crippen LogP contribution in [0.2, 0.25) is 5.02 Å². The molecule has 0 saturated heterocycles. The van der Waals surface area contributed by atoms with Gasteiger partial charge in [-0.15, -0.1) is 0 Å². The minimum Gasteiger partial charge on any atom is -0.506 e. The van der Waals surface area contributed by atoms with Crippen molar-refractivity contribution < 1.29 is 9.84 Å². The van der Waals surface area contributed by atoms with Gasteiger partial charge in [0.15, 0.2) is 0 Å². The number of halogens is 1. The van der Waals surface area contributed by atoms with Crippen LogP contribution in [0.1, 0.15) is 12.0 Å². The number of ether oxygens (including phenoxy) is 1. The number of hydrogen-bond acceptors (Lipinski definition) is 2. The molecule has 1 N–H and O–H groups in total. The van der Waals surface area contributed by atoms with Crippen LogP contribution in [0.25, 0.3) is 11.1 Å². The molecule has 18 heavy (non-hydrogen) atoms. The first kappa shape index (κ1) is 11.4. The molecular formula is C15H13ClO2. The van der Waals surface area contributed by atoms with E-state index in [0.717, 1.165) is 36.3 Å². The second-order valence-electron chi connectivity index (χ2n) is 4.41. The molecule has 2 nitrogen and oxygen atoms in total. The Bertz CT molecular complexity index is 593. The Labute approximate surface area is 111 Å². The van der Waals surface area contributed by atoms with Gasteiger partial charge < -0.3 is 9.84 Å². The summed E-state index contributed by atoms with van der Waals surface area (Å²) in [5.41, 5.74) is 3.17. The molecule has 0 aromatic heterocycles. The van der Waals surface area contributed by atoms with Crippen molar-refractivity contribution >= 4 is 11.6 Å². The standard InChI is InChI=1S/C15H13ClO2/c16-13-7-6-11(9-14(13)17)12-5-1-3-10-4-2-8-18-15(10)12/h1,3,5-7,9,17H,2,4,8H2. The highest BCUT2D eigenvalue weighted by Crippen LogP contribution is 2.38. The number of phenols is 1. The summed E-state index contributed by atoms with van der Waals surface area (Å²) >= 11 is 5.83. The fourth-order valence-electron chi connectivity index (χ4n) is 2.30. The lowest BCUT2D eigenvalue weighted by atomic mass is 9.97. The second kappa shape index (κ2) is 4.54. The van der Waals surface area contributed by atoms with Gasteiger partial charge in [0.1, 0.15) is 11.5 Å². The van der Waals surface area contributed by atoms with Crippen LogP contribution in [0.3, 0.4) is 0 Å². The summed E-state index contributed by atoms with van der Waals surface area (Å²) < 4.78 is 5.76. The zero-order valence-corrected chi connectivity index (χ0v) is 10.6. The SMILES string of the molecule is Oc1cc(-c2cccc3c2OCCC3)ccc1Cl. The highest BCUT2D eigenvalue weighted by Gasteiger charge is 2.15. The third kappa shape index (κ3) is 1.93. The molecule has 1 aliphatic rings. The molecule has 2 aromatic rings. The number of rotatable bonds is 1. The van der Waals surface area contributed by atoms with Gasteiger partial charge in [-0.1, -0.05) is 35.9 Å². The number of phenolic OH excluding ortho intramolecular Hbond substituents is 1. The monoisotopic (exact) mass is 260 g/mol. The van der Waals surface area contributed by atoms with Crippen molar-refractivity contribution in [2.45, 2.75) is 12.8 Å². The van der Waals surface area contributed by atoms with E-state index in [-0.39, 0.29) is 5.75 Å². The zero-order chi connectivity index (χ0) is 12.5. The minimum atomic E-state index is 0.0996. The predicted molar refractivity (Wildman–Crippen MR) is 72.4 cm³/mol. The number of para-hydroxylation sites is 1. The van der Waals surface area contributed by atoms with Crippen molar-refractivity contribution in [2.75, 3.05) is 6.61 Å². The Hall–Kier alpha value is -1.67. The van der Waals surface area contributed by atoms with Gasteiger partial charge in [-0.25, -0.2) is 0 Å². The molecule has 0 aliphatic carbocycles. The number of aryl methyl sites for hydroxylation is 1. The number of hydrogen-bond donors (Lipinski definition) is 1. The van der Waals surface area contributed by atoms with E-state index in [2.05, 4.69) is 6.07 Å². The summed E-state index contributed by atoms with van der Waals surface area (Å²) in [6.45, 7) is 0.754. The summed E-state index contributed by atoms with van der Waals surface area (Å²) in [6.07, 6.45) is 2.10. The van der Waals surface area contributed by atoms with E-state index in [4.69, 9.17) is 16.3 Å². The first-order valence-corrected chi connectivity index (χ1v) is 6.37. The molecule has 3 heteroatoms. The Morgan fingerprint density at radius 3 is 2.89 bits per heavy atom. The van der Waals surface area contributed by atoms with Gasteiger partial charge in [0.25, 0.3) is 0 Å². The first-order chi connectivity index (χ1) is 8.75. The normalized spacial score (nSPS) is 13.8. The van der Waals surface area contributed by atoms with Crippen LogP contribution in [-0.2, 0) is 6.42 Å². The van der Waals surface area contributed by atoms with Crippen molar-refractivity contribution in [3.05, 3.63) is 47.0 Å². The van der Waals surface area contributed by atoms with Gasteiger partial charge >= 0.3 is 0 Å². The van der Waals surface area contributed by atoms with E-state index < -0.39 is 0 Å². The molecule has 0 fully saturated rings. The summed E-state index contributed by atoms with van der Waals surface area (Å²) in [4.78, 5) is 0. The largest absolute Gasteiger partial charge is 0.506 e. The first-order valence-electron chi connectivity index (χ1n) is 5.99. The van der Waals surface area contributed by atoms with E-state index in [1.165, 1.54) is 5.56 Å². The molecule has 0 radical (unpaired) electrons. The summed E-state index contributed by atoms with van der Waals surface area (Å²) in [6, 6.07) is 11.4. The molecule has 92 valence electrons. The van der Waals surface area contributed by atoms with Crippen molar-refractivity contribution in [3.8, 4) is 22.6 Å². The summed E-state index contributed by atoms with van der Waals surface area (Å²) in [5, 5.41) is 10.1. The Morgan fingerprint density at radius 1 is 1.17 bits per heavy atom. The Morgan fingerprint density at radius 2 is 2.06 bits per heavy atom. The van der Waals surface area contributed by atoms with Gasteiger partial charge in [0, 0.05) is 5.56 Å². The average Bonchev–Trinajstić information content (AvgIpc) is 2.41. The Kier molecular flexibility index (Phi) is 2.88. The number of aromatic hydroxyl groups is 1. The van der Waals surface area contributed by atoms with Gasteiger partial charge in [-0.05, 0) is 36.1 Å². The van der Waals surface area contributed by atoms with Crippen LogP contribution in [0.4, 0.5) is 0 Å². The van der Waals surface area contributed by atoms with Crippen LogP contribution in [-0.4, -0.2) is 11.7 Å². The molecule has 0 atom stereocenters. The molecular weight excluding hydrogens is 248 g/mol. The maximum atomic E-state index is 9.69. The molecule has 3 rings (SSSR count). The van der Waals surface area contributed by atoms with Crippen LogP contribution in [0.5, 0.6) is 11.5 Å². The van der Waals surface area contributed by atoms with Crippen LogP contribution < -0.4 is 4.74 Å². The topological polar surface area (TPSA) is 29.5 Å². The Balaban J connectivity index is 2.13. The van der Waals surface area contributed by atoms with Crippen molar-refractivity contribution in [1.82, 2.24) is 0 Å². The lowest BCUT2D eigenvalue weighted by Gasteiger charge is -2.20. The van der Waals surface area contributed by atoms with Crippen molar-refractivity contribution in [1.29, 1.82) is 0 Å². The third-order valence-corrected chi connectivity index (χ3v) is 3.51. The molecule has 2 aromatic carbocycles. The molecule has 1 aliphatic heterocycles. The maximum Gasteiger partial charge on any atom is 0.134 e. The van der Waals surface area contributed by atoms with Crippen molar-refractivity contribution in [3.63, 3.8) is 0 Å². The van der Waals surface area contributed by atoms with Gasteiger partial charge in [-0.2, -0.15) is 0 Å². The maximum absolute atomic E-state index is 9.69. The van der Waals surface area contributed by atoms with E-state index in [0.29, 0.717) is 5.02 Å². The smallest absolute Gasteiger partial charge is 0.134 e. The molecule has 0 saturated carbocycles. The quantitative estimate of drug-likeness (QED) is 0.839. The van der Waals surface area contributed by atoms with E-state index in [1.54, 1.807) is 12.1 Å². The molecule has 1 heterocycles. The van der Waals surface area contributed by atoms with Gasteiger partial charge in [-0.3, -0.25) is 0 Å². The van der Waals surface area contributed by atoms with E-state index >= 15 is 0 Å². The molecule has 0 spiro atoms. The lowest BCUT2D eigenvalue weighted by molar-refractivity contribution is 0.289. The van der Waals surface area contributed by atoms with Gasteiger partial charge in [0.05, 0.1) is 11.6 Å². The molecule has 0 amide bonds. The number of fused-ring (bicyclic) bond motifs is 1. The fourth-order valence-corrected chi connectivity index (χ4v) is 2.41. The minimum absolute atomic E-state index is 0.0996. The van der Waals surface area contributed by atoms with Crippen LogP contribution in [0, 0.1) is 0 Å². The predicted octanol–water partition coefficient (Wildman–Crippen LogP) is 4.04. The summed E-state index contributed by atoms with van der Waals surface area (Å²) in [5.74, 6) is 1.04. The lowest BCUT2D eigenvalue weighted by Crippen LogP contribution is -2.09. The zero-order valence-electron chi connectivity index (χ0n) is 9.82. The third-order valence-electron chi connectivity index (χ3n) is 3.19. The molecule has 0 bridgehead atoms. The fraction of sp³-hybridized carbons (Fsp3) is 0.200. The molecule has 0 unspecified atom stereocenters. The van der Waals surface area contributed by atoms with E-state index in [1.807, 2.05) is 18.2 Å². The van der Waals surface area contributed by atoms with Gasteiger partial charge in [0.2, 0.25) is 0 Å². The van der Waals surface area contributed by atoms with Crippen molar-refractivity contribution in [2.24, 2.45) is 0 Å². The summed E-state index contributed by atoms with van der Waals surface area (Å²) in [7, 11) is 0. The number of benzene rings is 2. The highest BCUT2D eigenvalue weighted by atomic mass is 35.5. The van der Waals surface area contributed by atoms with Crippen LogP contribution >= 0.6 is 11.6 Å². The highest BCUT2D eigenvalue weighted by molar-refractivity contribution is 6.32. The second-order valence-corrected chi connectivity index (χ2v) is 4.82.